The lowest BCUT2D eigenvalue weighted by atomic mass is 10.0. The van der Waals surface area contributed by atoms with E-state index in [1.807, 2.05) is 0 Å². The predicted molar refractivity (Wildman–Crippen MR) is 463 cm³/mol. The lowest BCUT2D eigenvalue weighted by molar-refractivity contribution is -0.161. The van der Waals surface area contributed by atoms with Gasteiger partial charge in [-0.15, -0.1) is 0 Å². The first-order valence-corrected chi connectivity index (χ1v) is 47.1. The quantitative estimate of drug-likeness (QED) is 0.0146. The third-order valence-electron chi connectivity index (χ3n) is 18.5. The summed E-state index contributed by atoms with van der Waals surface area (Å²) >= 11 is 0. The van der Waals surface area contributed by atoms with Crippen molar-refractivity contribution < 1.29 is 75.8 Å². The Morgan fingerprint density at radius 1 is 0.261 bits per heavy atom. The van der Waals surface area contributed by atoms with E-state index in [4.69, 9.17) is 32.3 Å². The van der Waals surface area contributed by atoms with E-state index in [0.29, 0.717) is 19.3 Å². The van der Waals surface area contributed by atoms with Crippen LogP contribution < -0.4 is 0 Å². The maximum absolute atomic E-state index is 13.0. The van der Waals surface area contributed by atoms with Gasteiger partial charge in [-0.25, -0.2) is 9.13 Å². The zero-order valence-corrected chi connectivity index (χ0v) is 71.9. The maximum atomic E-state index is 13.0. The second-order valence-electron chi connectivity index (χ2n) is 29.3. The van der Waals surface area contributed by atoms with Crippen molar-refractivity contribution in [3.05, 3.63) is 146 Å². The van der Waals surface area contributed by atoms with Crippen molar-refractivity contribution in [3.8, 4) is 0 Å². The summed E-state index contributed by atoms with van der Waals surface area (Å²) in [5, 5.41) is 20.7. The zero-order valence-electron chi connectivity index (χ0n) is 70.1. The number of hydrogen-bond donors (Lipinski definition) is 4. The lowest BCUT2D eigenvalue weighted by Gasteiger charge is -2.21. The Hall–Kier alpha value is -4.57. The summed E-state index contributed by atoms with van der Waals surface area (Å²) in [5.41, 5.74) is 0. The summed E-state index contributed by atoms with van der Waals surface area (Å²) in [4.78, 5) is 58.9. The van der Waals surface area contributed by atoms with Gasteiger partial charge in [-0.1, -0.05) is 346 Å². The molecule has 18 heteroatoms. The highest BCUT2D eigenvalue weighted by atomic mass is 31.2. The molecule has 0 amide bonds. The van der Waals surface area contributed by atoms with E-state index in [9.17, 15) is 43.5 Å². The molecule has 0 aliphatic rings. The molecule has 5 atom stereocenters. The molecular weight excluding hydrogens is 1430 g/mol. The fourth-order valence-electron chi connectivity index (χ4n) is 11.8. The van der Waals surface area contributed by atoms with Gasteiger partial charge in [-0.05, 0) is 148 Å². The van der Waals surface area contributed by atoms with Crippen LogP contribution in [0.25, 0.3) is 0 Å². The smallest absolute Gasteiger partial charge is 0.463 e. The second kappa shape index (κ2) is 84.8. The van der Waals surface area contributed by atoms with E-state index in [1.54, 1.807) is 0 Å². The summed E-state index contributed by atoms with van der Waals surface area (Å²) in [6.45, 7) is 2.53. The number of aliphatic hydroxyl groups is 2. The molecule has 0 rings (SSSR count). The molecule has 0 aliphatic carbocycles. The number of esters is 3. The fraction of sp³-hybridized carbons (Fsp3) is 0.710. The number of allylic oxidation sites excluding steroid dienone is 24. The number of phosphoric acid groups is 2. The minimum Gasteiger partial charge on any atom is -0.463 e. The molecule has 0 heterocycles. The number of hydrogen-bond acceptors (Lipinski definition) is 14. The molecule has 0 fully saturated rings. The first kappa shape index (κ1) is 106. The molecule has 0 bridgehead atoms. The minimum absolute atomic E-state index is 0.0856. The SMILES string of the molecule is CC/C=C\C/C=C\C/C=C\C/C=C\C/C=C\CCCCCCCCCCCC(=O)OCC(COP(=O)(O)OCC(O)COP(=O)(O)OCC(O)COC(=O)CCCCCCCCCCCCCCCCC/C=C\C/C=C\C/C=C\C/C=C\CCCCC)OC(=O)CCCCCCCC/C=C\C/C=C\C/C=C\CCCCC. The third kappa shape index (κ3) is 86.1. The van der Waals surface area contributed by atoms with Crippen molar-refractivity contribution in [2.45, 2.75) is 386 Å². The molecule has 111 heavy (non-hydrogen) atoms. The molecule has 5 unspecified atom stereocenters. The van der Waals surface area contributed by atoms with Crippen LogP contribution >= 0.6 is 15.6 Å². The molecule has 0 aromatic heterocycles. The van der Waals surface area contributed by atoms with E-state index in [1.165, 1.54) is 148 Å². The lowest BCUT2D eigenvalue weighted by Crippen LogP contribution is -2.30. The van der Waals surface area contributed by atoms with Gasteiger partial charge in [0.05, 0.1) is 26.4 Å². The number of ether oxygens (including phenoxy) is 3. The van der Waals surface area contributed by atoms with Gasteiger partial charge in [0.2, 0.25) is 0 Å². The summed E-state index contributed by atoms with van der Waals surface area (Å²) in [6, 6.07) is 0. The first-order valence-electron chi connectivity index (χ1n) is 44.1. The van der Waals surface area contributed by atoms with E-state index in [0.717, 1.165) is 161 Å². The van der Waals surface area contributed by atoms with Gasteiger partial charge in [-0.2, -0.15) is 0 Å². The minimum atomic E-state index is -4.95. The molecule has 0 aliphatic heterocycles. The topological polar surface area (TPSA) is 231 Å². The van der Waals surface area contributed by atoms with Crippen LogP contribution in [0.2, 0.25) is 0 Å². The van der Waals surface area contributed by atoms with E-state index in [-0.39, 0.29) is 19.3 Å². The summed E-state index contributed by atoms with van der Waals surface area (Å²) in [6.07, 6.45) is 106. The number of rotatable bonds is 83. The summed E-state index contributed by atoms with van der Waals surface area (Å²) in [7, 11) is -9.81. The van der Waals surface area contributed by atoms with Gasteiger partial charge in [-0.3, -0.25) is 32.5 Å². The molecule has 16 nitrogen and oxygen atoms in total. The van der Waals surface area contributed by atoms with Gasteiger partial charge in [0.15, 0.2) is 6.10 Å². The Balaban J connectivity index is 4.57. The van der Waals surface area contributed by atoms with Crippen LogP contribution in [0.4, 0.5) is 0 Å². The van der Waals surface area contributed by atoms with Crippen LogP contribution in [0.5, 0.6) is 0 Å². The van der Waals surface area contributed by atoms with Crippen LogP contribution in [0.1, 0.15) is 367 Å². The Kier molecular flexibility index (Phi) is 81.3. The van der Waals surface area contributed by atoms with Gasteiger partial charge in [0.1, 0.15) is 25.4 Å². The van der Waals surface area contributed by atoms with E-state index >= 15 is 0 Å². The highest BCUT2D eigenvalue weighted by Gasteiger charge is 2.29. The molecule has 4 N–H and O–H groups in total. The summed E-state index contributed by atoms with van der Waals surface area (Å²) < 4.78 is 61.4. The largest absolute Gasteiger partial charge is 0.472 e. The van der Waals surface area contributed by atoms with Crippen LogP contribution in [-0.2, 0) is 55.8 Å². The van der Waals surface area contributed by atoms with Gasteiger partial charge in [0.25, 0.3) is 0 Å². The molecule has 0 aromatic rings. The number of carbonyl (C=O) groups excluding carboxylic acids is 3. The van der Waals surface area contributed by atoms with E-state index < -0.39 is 91.5 Å². The first-order chi connectivity index (χ1) is 54.2. The van der Waals surface area contributed by atoms with Crippen molar-refractivity contribution in [2.24, 2.45) is 0 Å². The Labute approximate surface area is 677 Å². The monoisotopic (exact) mass is 1600 g/mol. The van der Waals surface area contributed by atoms with Crippen molar-refractivity contribution >= 4 is 33.6 Å². The summed E-state index contributed by atoms with van der Waals surface area (Å²) in [5.74, 6) is -1.59. The molecule has 0 saturated carbocycles. The van der Waals surface area contributed by atoms with Crippen LogP contribution in [0.3, 0.4) is 0 Å². The number of unbranched alkanes of at least 4 members (excludes halogenated alkanes) is 36. The van der Waals surface area contributed by atoms with Crippen molar-refractivity contribution in [1.29, 1.82) is 0 Å². The third-order valence-corrected chi connectivity index (χ3v) is 20.4. The number of phosphoric ester groups is 2. The van der Waals surface area contributed by atoms with Crippen molar-refractivity contribution in [1.82, 2.24) is 0 Å². The molecule has 0 radical (unpaired) electrons. The Bertz CT molecular complexity index is 2600. The number of carbonyl (C=O) groups is 3. The fourth-order valence-corrected chi connectivity index (χ4v) is 13.4. The number of aliphatic hydroxyl groups excluding tert-OH is 2. The standard InChI is InChI=1S/C93H160O16P2/c1-4-7-10-13-16-19-22-25-28-31-34-36-38-40-41-42-43-44-45-47-49-50-53-55-58-61-64-67-70-73-76-79-91(96)103-82-88(94)83-105-110(99,100)106-84-89(95)85-107-111(101,102)108-87-90(109-93(98)81-78-75-72-69-66-63-60-57-52-33-30-27-24-21-18-15-12-9-6-3)86-104-92(97)80-77-74-71-68-65-62-59-56-54-51-48-46-39-37-35-32-29-26-23-20-17-14-11-8-5-2/h8,11,16-21,25-30,34-37,40-41,46,48,52,57,88-90,94-95H,4-7,9-10,12-15,22-24,31-33,38-39,42-45,47,49-51,53-56,58-87H2,1-3H3,(H,99,100)(H,101,102)/b11-8-,19-16-,20-17-,21-18-,28-25-,29-26-,30-27-,36-34-,37-35-,41-40-,48-46-,57-52-. The second-order valence-corrected chi connectivity index (χ2v) is 32.2. The highest BCUT2D eigenvalue weighted by molar-refractivity contribution is 7.47. The average molecular weight is 1600 g/mol. The van der Waals surface area contributed by atoms with Gasteiger partial charge in [0, 0.05) is 19.3 Å². The average Bonchev–Trinajstić information content (AvgIpc) is 0.902. The van der Waals surface area contributed by atoms with Gasteiger partial charge < -0.3 is 34.2 Å². The molecule has 0 saturated heterocycles. The highest BCUT2D eigenvalue weighted by Crippen LogP contribution is 2.45. The van der Waals surface area contributed by atoms with Crippen molar-refractivity contribution in [3.63, 3.8) is 0 Å². The Morgan fingerprint density at radius 2 is 0.477 bits per heavy atom. The molecule has 0 aromatic carbocycles. The molecular formula is C93H160O16P2. The van der Waals surface area contributed by atoms with Crippen LogP contribution in [0.15, 0.2) is 146 Å². The van der Waals surface area contributed by atoms with E-state index in [2.05, 4.69) is 167 Å². The van der Waals surface area contributed by atoms with Crippen LogP contribution in [0, 0.1) is 0 Å². The predicted octanol–water partition coefficient (Wildman–Crippen LogP) is 26.8. The van der Waals surface area contributed by atoms with Crippen LogP contribution in [-0.4, -0.2) is 95.9 Å². The maximum Gasteiger partial charge on any atom is 0.472 e. The normalized spacial score (nSPS) is 14.5. The van der Waals surface area contributed by atoms with Crippen molar-refractivity contribution in [2.75, 3.05) is 39.6 Å². The Morgan fingerprint density at radius 3 is 0.757 bits per heavy atom. The molecule has 638 valence electrons. The zero-order chi connectivity index (χ0) is 80.8. The van der Waals surface area contributed by atoms with Gasteiger partial charge >= 0.3 is 33.6 Å². The molecule has 0 spiro atoms.